The topological polar surface area (TPSA) is 84.5 Å². The molecule has 0 heterocycles. The second-order valence-electron chi connectivity index (χ2n) is 6.81. The Kier molecular flexibility index (Phi) is 7.08. The lowest BCUT2D eigenvalue weighted by Crippen LogP contribution is -2.14. The van der Waals surface area contributed by atoms with Crippen molar-refractivity contribution in [3.05, 3.63) is 84.4 Å². The highest BCUT2D eigenvalue weighted by atomic mass is 32.2. The van der Waals surface area contributed by atoms with Crippen molar-refractivity contribution in [3.8, 4) is 5.75 Å². The standard InChI is InChI=1S/C23H24N2O4S/c1-18-9-11-20(12-10-18)25-30(27,28)22-15-13-19(14-16-22)24-23(26)8-5-17-29-21-6-3-2-4-7-21/h2-4,6-7,9-16,25H,5,8,17H2,1H3,(H,24,26). The molecule has 6 nitrogen and oxygen atoms in total. The molecular formula is C23H24N2O4S. The summed E-state index contributed by atoms with van der Waals surface area (Å²) in [5.41, 5.74) is 2.08. The van der Waals surface area contributed by atoms with E-state index >= 15 is 0 Å². The van der Waals surface area contributed by atoms with Gasteiger partial charge in [-0.3, -0.25) is 9.52 Å². The van der Waals surface area contributed by atoms with E-state index in [1.807, 2.05) is 49.4 Å². The van der Waals surface area contributed by atoms with Crippen LogP contribution in [0, 0.1) is 6.92 Å². The number of rotatable bonds is 9. The fourth-order valence-electron chi connectivity index (χ4n) is 2.72. The Labute approximate surface area is 177 Å². The van der Waals surface area contributed by atoms with Gasteiger partial charge in [-0.05, 0) is 61.9 Å². The number of amides is 1. The van der Waals surface area contributed by atoms with Gasteiger partial charge < -0.3 is 10.1 Å². The van der Waals surface area contributed by atoms with Crippen molar-refractivity contribution in [2.45, 2.75) is 24.7 Å². The van der Waals surface area contributed by atoms with Crippen molar-refractivity contribution in [1.29, 1.82) is 0 Å². The van der Waals surface area contributed by atoms with E-state index in [1.54, 1.807) is 24.3 Å². The van der Waals surface area contributed by atoms with E-state index in [0.717, 1.165) is 11.3 Å². The first-order valence-corrected chi connectivity index (χ1v) is 11.1. The second kappa shape index (κ2) is 9.93. The minimum atomic E-state index is -3.69. The van der Waals surface area contributed by atoms with Crippen LogP contribution < -0.4 is 14.8 Å². The SMILES string of the molecule is Cc1ccc(NS(=O)(=O)c2ccc(NC(=O)CCCOc3ccccc3)cc2)cc1. The molecule has 0 saturated carbocycles. The van der Waals surface area contributed by atoms with Crippen LogP contribution in [0.15, 0.2) is 83.8 Å². The van der Waals surface area contributed by atoms with Gasteiger partial charge in [0.2, 0.25) is 5.91 Å². The number of benzene rings is 3. The van der Waals surface area contributed by atoms with Gasteiger partial charge in [-0.15, -0.1) is 0 Å². The van der Waals surface area contributed by atoms with E-state index in [-0.39, 0.29) is 10.8 Å². The highest BCUT2D eigenvalue weighted by Crippen LogP contribution is 2.19. The number of hydrogen-bond donors (Lipinski definition) is 2. The van der Waals surface area contributed by atoms with Gasteiger partial charge in [0, 0.05) is 17.8 Å². The molecule has 0 fully saturated rings. The molecule has 0 aliphatic rings. The fourth-order valence-corrected chi connectivity index (χ4v) is 3.77. The molecule has 30 heavy (non-hydrogen) atoms. The van der Waals surface area contributed by atoms with Crippen LogP contribution in [-0.2, 0) is 14.8 Å². The molecule has 0 saturated heterocycles. The Morgan fingerprint density at radius 1 is 0.867 bits per heavy atom. The zero-order valence-corrected chi connectivity index (χ0v) is 17.5. The van der Waals surface area contributed by atoms with E-state index in [2.05, 4.69) is 10.0 Å². The highest BCUT2D eigenvalue weighted by molar-refractivity contribution is 7.92. The summed E-state index contributed by atoms with van der Waals surface area (Å²) in [6, 6.07) is 22.6. The smallest absolute Gasteiger partial charge is 0.261 e. The van der Waals surface area contributed by atoms with Gasteiger partial charge in [0.05, 0.1) is 11.5 Å². The summed E-state index contributed by atoms with van der Waals surface area (Å²) >= 11 is 0. The second-order valence-corrected chi connectivity index (χ2v) is 8.49. The Balaban J connectivity index is 1.48. The van der Waals surface area contributed by atoms with Crippen LogP contribution in [0.1, 0.15) is 18.4 Å². The number of nitrogens with one attached hydrogen (secondary N) is 2. The molecule has 0 aliphatic heterocycles. The van der Waals surface area contributed by atoms with Crippen LogP contribution in [0.4, 0.5) is 11.4 Å². The molecule has 0 radical (unpaired) electrons. The summed E-state index contributed by atoms with van der Waals surface area (Å²) in [5.74, 6) is 0.619. The molecule has 0 unspecified atom stereocenters. The largest absolute Gasteiger partial charge is 0.494 e. The van der Waals surface area contributed by atoms with E-state index < -0.39 is 10.0 Å². The number of anilines is 2. The maximum absolute atomic E-state index is 12.5. The molecule has 156 valence electrons. The lowest BCUT2D eigenvalue weighted by Gasteiger charge is -2.10. The van der Waals surface area contributed by atoms with Gasteiger partial charge in [-0.1, -0.05) is 35.9 Å². The number of carbonyl (C=O) groups is 1. The normalized spacial score (nSPS) is 11.0. The van der Waals surface area contributed by atoms with Crippen molar-refractivity contribution >= 4 is 27.3 Å². The summed E-state index contributed by atoms with van der Waals surface area (Å²) in [6.07, 6.45) is 0.884. The van der Waals surface area contributed by atoms with E-state index in [0.29, 0.717) is 30.8 Å². The lowest BCUT2D eigenvalue weighted by atomic mass is 10.2. The van der Waals surface area contributed by atoms with Gasteiger partial charge in [0.1, 0.15) is 5.75 Å². The average Bonchev–Trinajstić information content (AvgIpc) is 2.74. The van der Waals surface area contributed by atoms with E-state index in [4.69, 9.17) is 4.74 Å². The van der Waals surface area contributed by atoms with Gasteiger partial charge >= 0.3 is 0 Å². The van der Waals surface area contributed by atoms with E-state index in [1.165, 1.54) is 12.1 Å². The number of aryl methyl sites for hydroxylation is 1. The lowest BCUT2D eigenvalue weighted by molar-refractivity contribution is -0.116. The summed E-state index contributed by atoms with van der Waals surface area (Å²) < 4.78 is 33.1. The van der Waals surface area contributed by atoms with E-state index in [9.17, 15) is 13.2 Å². The molecule has 0 aromatic heterocycles. The highest BCUT2D eigenvalue weighted by Gasteiger charge is 2.14. The Hall–Kier alpha value is -3.32. The predicted molar refractivity (Wildman–Crippen MR) is 118 cm³/mol. The molecular weight excluding hydrogens is 400 g/mol. The third-order valence-corrected chi connectivity index (χ3v) is 5.71. The first kappa shape index (κ1) is 21.4. The van der Waals surface area contributed by atoms with Gasteiger partial charge in [0.25, 0.3) is 10.0 Å². The van der Waals surface area contributed by atoms with Gasteiger partial charge in [-0.2, -0.15) is 0 Å². The van der Waals surface area contributed by atoms with Crippen LogP contribution in [0.2, 0.25) is 0 Å². The third-order valence-electron chi connectivity index (χ3n) is 4.31. The molecule has 0 atom stereocenters. The Morgan fingerprint density at radius 2 is 1.50 bits per heavy atom. The number of hydrogen-bond acceptors (Lipinski definition) is 4. The van der Waals surface area contributed by atoms with Crippen LogP contribution in [0.5, 0.6) is 5.75 Å². The Bertz CT molecular complexity index is 1060. The molecule has 7 heteroatoms. The quantitative estimate of drug-likeness (QED) is 0.492. The molecule has 0 spiro atoms. The van der Waals surface area contributed by atoms with Crippen molar-refractivity contribution in [2.24, 2.45) is 0 Å². The first-order chi connectivity index (χ1) is 14.4. The van der Waals surface area contributed by atoms with Gasteiger partial charge in [0.15, 0.2) is 0 Å². The molecule has 3 aromatic carbocycles. The molecule has 2 N–H and O–H groups in total. The Morgan fingerprint density at radius 3 is 2.17 bits per heavy atom. The predicted octanol–water partition coefficient (Wildman–Crippen LogP) is 4.59. The van der Waals surface area contributed by atoms with Crippen LogP contribution >= 0.6 is 0 Å². The maximum atomic E-state index is 12.5. The monoisotopic (exact) mass is 424 g/mol. The molecule has 3 aromatic rings. The number of ether oxygens (including phenoxy) is 1. The molecule has 3 rings (SSSR count). The van der Waals surface area contributed by atoms with Crippen LogP contribution in [0.25, 0.3) is 0 Å². The molecule has 0 bridgehead atoms. The summed E-state index contributed by atoms with van der Waals surface area (Å²) in [7, 11) is -3.69. The van der Waals surface area contributed by atoms with Crippen molar-refractivity contribution < 1.29 is 17.9 Å². The average molecular weight is 425 g/mol. The zero-order valence-electron chi connectivity index (χ0n) is 16.7. The summed E-state index contributed by atoms with van der Waals surface area (Å²) in [5, 5.41) is 2.77. The van der Waals surface area contributed by atoms with Crippen molar-refractivity contribution in [2.75, 3.05) is 16.6 Å². The number of sulfonamides is 1. The summed E-state index contributed by atoms with van der Waals surface area (Å²) in [6.45, 7) is 2.38. The van der Waals surface area contributed by atoms with Crippen LogP contribution in [0.3, 0.4) is 0 Å². The fraction of sp³-hybridized carbons (Fsp3) is 0.174. The van der Waals surface area contributed by atoms with Crippen LogP contribution in [-0.4, -0.2) is 20.9 Å². The maximum Gasteiger partial charge on any atom is 0.261 e. The number of para-hydroxylation sites is 1. The number of carbonyl (C=O) groups excluding carboxylic acids is 1. The zero-order chi connectivity index (χ0) is 21.4. The minimum absolute atomic E-state index is 0.123. The van der Waals surface area contributed by atoms with Gasteiger partial charge in [-0.25, -0.2) is 8.42 Å². The summed E-state index contributed by atoms with van der Waals surface area (Å²) in [4.78, 5) is 12.2. The molecule has 0 aliphatic carbocycles. The third kappa shape index (κ3) is 6.35. The first-order valence-electron chi connectivity index (χ1n) is 9.60. The van der Waals surface area contributed by atoms with Crippen molar-refractivity contribution in [3.63, 3.8) is 0 Å². The van der Waals surface area contributed by atoms with Crippen molar-refractivity contribution in [1.82, 2.24) is 0 Å². The minimum Gasteiger partial charge on any atom is -0.494 e. The molecule has 1 amide bonds.